The smallest absolute Gasteiger partial charge is 0.287 e. The van der Waals surface area contributed by atoms with Gasteiger partial charge in [0.15, 0.2) is 16.6 Å². The molecule has 11 heteroatoms. The number of furan rings is 1. The van der Waals surface area contributed by atoms with Gasteiger partial charge in [-0.25, -0.2) is 13.4 Å². The molecule has 0 aliphatic carbocycles. The van der Waals surface area contributed by atoms with E-state index in [-0.39, 0.29) is 36.2 Å². The average Bonchev–Trinajstić information content (AvgIpc) is 3.23. The topological polar surface area (TPSA) is 139 Å². The van der Waals surface area contributed by atoms with Gasteiger partial charge in [-0.2, -0.15) is 4.31 Å². The van der Waals surface area contributed by atoms with Crippen molar-refractivity contribution in [2.24, 2.45) is 5.92 Å². The van der Waals surface area contributed by atoms with E-state index in [0.29, 0.717) is 18.4 Å². The van der Waals surface area contributed by atoms with Crippen LogP contribution >= 0.6 is 0 Å². The van der Waals surface area contributed by atoms with Crippen molar-refractivity contribution in [1.82, 2.24) is 19.9 Å². The molecule has 1 aliphatic heterocycles. The molecule has 1 saturated heterocycles. The molecule has 3 heterocycles. The summed E-state index contributed by atoms with van der Waals surface area (Å²) in [5.74, 6) is -1.29. The second kappa shape index (κ2) is 11.2. The van der Waals surface area contributed by atoms with Crippen molar-refractivity contribution in [3.05, 3.63) is 60.5 Å². The van der Waals surface area contributed by atoms with Gasteiger partial charge < -0.3 is 15.1 Å². The third-order valence-electron chi connectivity index (χ3n) is 6.16. The van der Waals surface area contributed by atoms with E-state index in [1.54, 1.807) is 30.3 Å². The number of nitrogens with zero attached hydrogens (tertiary/aromatic N) is 2. The van der Waals surface area contributed by atoms with E-state index >= 15 is 0 Å². The van der Waals surface area contributed by atoms with Crippen molar-refractivity contribution in [3.8, 4) is 0 Å². The predicted octanol–water partition coefficient (Wildman–Crippen LogP) is 2.51. The molecule has 4 rings (SSSR count). The van der Waals surface area contributed by atoms with Crippen LogP contribution in [0, 0.1) is 5.92 Å². The van der Waals surface area contributed by atoms with Crippen molar-refractivity contribution < 1.29 is 27.2 Å². The molecule has 3 aromatic rings. The number of ketones is 1. The van der Waals surface area contributed by atoms with Crippen molar-refractivity contribution in [3.63, 3.8) is 0 Å². The Hall–Kier alpha value is -3.57. The fourth-order valence-corrected chi connectivity index (χ4v) is 5.66. The molecule has 2 aromatic heterocycles. The van der Waals surface area contributed by atoms with Crippen LogP contribution in [0.1, 0.15) is 43.7 Å². The van der Waals surface area contributed by atoms with E-state index in [1.165, 1.54) is 12.3 Å². The second-order valence-electron chi connectivity index (χ2n) is 9.48. The summed E-state index contributed by atoms with van der Waals surface area (Å²) >= 11 is 0. The average molecular weight is 527 g/mol. The Morgan fingerprint density at radius 1 is 1.16 bits per heavy atom. The first-order valence-electron chi connectivity index (χ1n) is 12.2. The molecule has 1 fully saturated rings. The van der Waals surface area contributed by atoms with Crippen LogP contribution in [0.4, 0.5) is 0 Å². The number of hydrogen-bond acceptors (Lipinski definition) is 7. The normalized spacial score (nSPS) is 17.9. The van der Waals surface area contributed by atoms with Gasteiger partial charge in [0.05, 0.1) is 12.6 Å². The summed E-state index contributed by atoms with van der Waals surface area (Å²) in [6, 6.07) is 11.6. The molecule has 0 radical (unpaired) electrons. The molecule has 196 valence electrons. The Bertz CT molecular complexity index is 1350. The molecular formula is C26H30N4O6S. The number of hydrogen-bond donors (Lipinski definition) is 2. The molecule has 1 aromatic carbocycles. The van der Waals surface area contributed by atoms with E-state index < -0.39 is 39.7 Å². The van der Waals surface area contributed by atoms with Gasteiger partial charge in [-0.05, 0) is 49.4 Å². The maximum Gasteiger partial charge on any atom is 0.287 e. The highest BCUT2D eigenvalue weighted by molar-refractivity contribution is 7.89. The Kier molecular flexibility index (Phi) is 8.03. The third-order valence-corrected chi connectivity index (χ3v) is 7.92. The van der Waals surface area contributed by atoms with Crippen LogP contribution in [0.15, 0.2) is 64.2 Å². The number of fused-ring (bicyclic) bond motifs is 1. The van der Waals surface area contributed by atoms with E-state index in [2.05, 4.69) is 15.6 Å². The number of rotatable bonds is 8. The Balaban J connectivity index is 1.44. The summed E-state index contributed by atoms with van der Waals surface area (Å²) in [5, 5.41) is 6.11. The summed E-state index contributed by atoms with van der Waals surface area (Å²) in [5.41, 5.74) is 0.562. The van der Waals surface area contributed by atoms with Gasteiger partial charge >= 0.3 is 0 Å². The number of benzene rings is 1. The zero-order valence-electron chi connectivity index (χ0n) is 20.7. The van der Waals surface area contributed by atoms with Gasteiger partial charge in [0.25, 0.3) is 15.9 Å². The van der Waals surface area contributed by atoms with Gasteiger partial charge in [0.2, 0.25) is 5.91 Å². The lowest BCUT2D eigenvalue weighted by atomic mass is 10.0. The molecule has 2 amide bonds. The number of amides is 2. The fraction of sp³-hybridized carbons (Fsp3) is 0.385. The number of para-hydroxylation sites is 1. The molecule has 2 N–H and O–H groups in total. The van der Waals surface area contributed by atoms with E-state index in [4.69, 9.17) is 4.42 Å². The first kappa shape index (κ1) is 26.5. The van der Waals surface area contributed by atoms with Gasteiger partial charge in [-0.15, -0.1) is 0 Å². The highest BCUT2D eigenvalue weighted by Crippen LogP contribution is 2.20. The molecule has 10 nitrogen and oxygen atoms in total. The molecule has 0 spiro atoms. The Morgan fingerprint density at radius 2 is 1.92 bits per heavy atom. The number of aromatic nitrogens is 1. The summed E-state index contributed by atoms with van der Waals surface area (Å²) in [4.78, 5) is 43.0. The largest absolute Gasteiger partial charge is 0.451 e. The van der Waals surface area contributed by atoms with Gasteiger partial charge in [0.1, 0.15) is 11.6 Å². The number of sulfonamides is 1. The van der Waals surface area contributed by atoms with Crippen molar-refractivity contribution >= 4 is 38.6 Å². The van der Waals surface area contributed by atoms with E-state index in [0.717, 1.165) is 9.69 Å². The standard InChI is InChI=1S/C26H30N4O6S/c1-17(2)14-20(29-26(33)23-15-18-8-3-4-10-22(18)36-23)25(32)28-19-9-7-13-30(16-21(19)31)37(34,35)24-11-5-6-12-27-24/h3-6,8,10-12,15,17,19-20H,7,9,13-14,16H2,1-2H3,(H,28,32)(H,29,33)/t19-,20?/m0/s1. The molecule has 1 unspecified atom stereocenters. The van der Waals surface area contributed by atoms with E-state index in [9.17, 15) is 22.8 Å². The SMILES string of the molecule is CC(C)CC(NC(=O)c1cc2ccccc2o1)C(=O)N[C@H]1CCCN(S(=O)(=O)c2ccccn2)CC1=O. The molecule has 1 aliphatic rings. The highest BCUT2D eigenvalue weighted by atomic mass is 32.2. The van der Waals surface area contributed by atoms with Crippen LogP contribution in [0.5, 0.6) is 0 Å². The minimum absolute atomic E-state index is 0.0792. The van der Waals surface area contributed by atoms with Crippen molar-refractivity contribution in [1.29, 1.82) is 0 Å². The number of pyridine rings is 1. The minimum Gasteiger partial charge on any atom is -0.451 e. The number of Topliss-reactive ketones (excluding diaryl/α,β-unsaturated/α-hetero) is 1. The van der Waals surface area contributed by atoms with Gasteiger partial charge in [-0.3, -0.25) is 14.4 Å². The van der Waals surface area contributed by atoms with E-state index in [1.807, 2.05) is 26.0 Å². The molecule has 2 atom stereocenters. The quantitative estimate of drug-likeness (QED) is 0.460. The molecule has 37 heavy (non-hydrogen) atoms. The minimum atomic E-state index is -3.94. The summed E-state index contributed by atoms with van der Waals surface area (Å²) in [6.07, 6.45) is 2.39. The zero-order valence-corrected chi connectivity index (χ0v) is 21.5. The van der Waals surface area contributed by atoms with Crippen LogP contribution in [0.25, 0.3) is 11.0 Å². The number of carbonyl (C=O) groups excluding carboxylic acids is 3. The molecule has 0 saturated carbocycles. The lowest BCUT2D eigenvalue weighted by Crippen LogP contribution is -2.52. The predicted molar refractivity (Wildman–Crippen MR) is 136 cm³/mol. The second-order valence-corrected chi connectivity index (χ2v) is 11.4. The first-order chi connectivity index (χ1) is 17.6. The summed E-state index contributed by atoms with van der Waals surface area (Å²) in [7, 11) is -3.94. The lowest BCUT2D eigenvalue weighted by molar-refractivity contribution is -0.129. The third kappa shape index (κ3) is 6.23. The van der Waals surface area contributed by atoms with Crippen molar-refractivity contribution in [2.45, 2.75) is 50.2 Å². The number of nitrogens with one attached hydrogen (secondary N) is 2. The lowest BCUT2D eigenvalue weighted by Gasteiger charge is -2.23. The Labute approximate surface area is 215 Å². The van der Waals surface area contributed by atoms with Crippen LogP contribution < -0.4 is 10.6 Å². The van der Waals surface area contributed by atoms with Crippen LogP contribution in [0.2, 0.25) is 0 Å². The summed E-state index contributed by atoms with van der Waals surface area (Å²) in [6.45, 7) is 3.61. The highest BCUT2D eigenvalue weighted by Gasteiger charge is 2.35. The zero-order chi connectivity index (χ0) is 26.6. The van der Waals surface area contributed by atoms with Crippen LogP contribution in [0.3, 0.4) is 0 Å². The molecule has 0 bridgehead atoms. The van der Waals surface area contributed by atoms with Gasteiger partial charge in [-0.1, -0.05) is 38.1 Å². The van der Waals surface area contributed by atoms with Crippen LogP contribution in [-0.4, -0.2) is 60.5 Å². The maximum atomic E-state index is 13.2. The van der Waals surface area contributed by atoms with Crippen molar-refractivity contribution in [2.75, 3.05) is 13.1 Å². The van der Waals surface area contributed by atoms with Gasteiger partial charge in [0, 0.05) is 18.1 Å². The monoisotopic (exact) mass is 526 g/mol. The maximum absolute atomic E-state index is 13.2. The fourth-order valence-electron chi connectivity index (χ4n) is 4.28. The molecular weight excluding hydrogens is 496 g/mol. The first-order valence-corrected chi connectivity index (χ1v) is 13.6. The summed E-state index contributed by atoms with van der Waals surface area (Å²) < 4.78 is 32.6. The van der Waals surface area contributed by atoms with Crippen LogP contribution in [-0.2, 0) is 19.6 Å². The number of carbonyl (C=O) groups is 3. The Morgan fingerprint density at radius 3 is 2.62 bits per heavy atom.